The van der Waals surface area contributed by atoms with Crippen LogP contribution in [-0.2, 0) is 11.3 Å². The Hall–Kier alpha value is -1.63. The molecule has 0 unspecified atom stereocenters. The lowest BCUT2D eigenvalue weighted by Crippen LogP contribution is -2.45. The summed E-state index contributed by atoms with van der Waals surface area (Å²) < 4.78 is 7.05. The van der Waals surface area contributed by atoms with Crippen molar-refractivity contribution in [1.29, 1.82) is 0 Å². The van der Waals surface area contributed by atoms with Gasteiger partial charge in [-0.05, 0) is 26.2 Å². The topological polar surface area (TPSA) is 72.3 Å². The zero-order valence-electron chi connectivity index (χ0n) is 14.5. The first-order valence-electron chi connectivity index (χ1n) is 8.53. The molecule has 1 aliphatic carbocycles. The monoisotopic (exact) mass is 323 g/mol. The van der Waals surface area contributed by atoms with Crippen molar-refractivity contribution in [2.45, 2.75) is 64.1 Å². The third-order valence-electron chi connectivity index (χ3n) is 4.56. The highest BCUT2D eigenvalue weighted by molar-refractivity contribution is 5.74. The minimum absolute atomic E-state index is 0.0316. The minimum atomic E-state index is -0.168. The molecule has 0 aliphatic heterocycles. The van der Waals surface area contributed by atoms with E-state index >= 15 is 0 Å². The lowest BCUT2D eigenvalue weighted by atomic mass is 9.95. The van der Waals surface area contributed by atoms with E-state index in [4.69, 9.17) is 4.74 Å². The number of nitrogens with one attached hydrogen (secondary N) is 1. The molecule has 1 atom stereocenters. The van der Waals surface area contributed by atoms with Crippen molar-refractivity contribution in [1.82, 2.24) is 25.0 Å². The highest BCUT2D eigenvalue weighted by Gasteiger charge is 2.24. The number of carbonyl (C=O) groups is 1. The van der Waals surface area contributed by atoms with Gasteiger partial charge in [0.25, 0.3) is 0 Å². The molecule has 0 saturated heterocycles. The fraction of sp³-hybridized carbons (Fsp3) is 0.812. The van der Waals surface area contributed by atoms with Crippen LogP contribution in [0.2, 0.25) is 0 Å². The first-order chi connectivity index (χ1) is 11.1. The van der Waals surface area contributed by atoms with Gasteiger partial charge in [0.05, 0.1) is 6.04 Å². The number of aromatic nitrogens is 3. The highest BCUT2D eigenvalue weighted by atomic mass is 16.5. The Labute approximate surface area is 138 Å². The zero-order valence-corrected chi connectivity index (χ0v) is 14.5. The van der Waals surface area contributed by atoms with Gasteiger partial charge in [-0.2, -0.15) is 0 Å². The number of methoxy groups -OCH3 is 1. The van der Waals surface area contributed by atoms with Crippen LogP contribution in [0.3, 0.4) is 0 Å². The second kappa shape index (κ2) is 8.86. The second-order valence-electron chi connectivity index (χ2n) is 6.30. The third kappa shape index (κ3) is 4.92. The van der Waals surface area contributed by atoms with Crippen molar-refractivity contribution >= 4 is 6.03 Å². The van der Waals surface area contributed by atoms with Gasteiger partial charge in [-0.15, -0.1) is 10.2 Å². The van der Waals surface area contributed by atoms with Crippen molar-refractivity contribution in [3.8, 4) is 0 Å². The van der Waals surface area contributed by atoms with Crippen LogP contribution in [-0.4, -0.2) is 52.5 Å². The molecule has 1 heterocycles. The van der Waals surface area contributed by atoms with Crippen molar-refractivity contribution in [3.05, 3.63) is 12.2 Å². The maximum atomic E-state index is 12.5. The SMILES string of the molecule is COCCCn1cnnc1[C@@H](C)NC(=O)N(C)C1CCCCC1. The summed E-state index contributed by atoms with van der Waals surface area (Å²) in [5, 5.41) is 11.2. The lowest BCUT2D eigenvalue weighted by Gasteiger charge is -2.32. The van der Waals surface area contributed by atoms with E-state index in [9.17, 15) is 4.79 Å². The Morgan fingerprint density at radius 3 is 2.91 bits per heavy atom. The van der Waals surface area contributed by atoms with Gasteiger partial charge in [0.1, 0.15) is 6.33 Å². The van der Waals surface area contributed by atoms with Crippen LogP contribution in [0.1, 0.15) is 57.3 Å². The van der Waals surface area contributed by atoms with Crippen LogP contribution in [0, 0.1) is 0 Å². The van der Waals surface area contributed by atoms with E-state index < -0.39 is 0 Å². The van der Waals surface area contributed by atoms with Gasteiger partial charge in [0.2, 0.25) is 0 Å². The number of aryl methyl sites for hydroxylation is 1. The van der Waals surface area contributed by atoms with E-state index in [2.05, 4.69) is 15.5 Å². The molecule has 0 radical (unpaired) electrons. The van der Waals surface area contributed by atoms with Crippen LogP contribution < -0.4 is 5.32 Å². The molecule has 7 heteroatoms. The molecule has 1 aromatic rings. The van der Waals surface area contributed by atoms with Crippen LogP contribution in [0.4, 0.5) is 4.79 Å². The van der Waals surface area contributed by atoms with Gasteiger partial charge >= 0.3 is 6.03 Å². The quantitative estimate of drug-likeness (QED) is 0.782. The Kier molecular flexibility index (Phi) is 6.83. The molecule has 130 valence electrons. The number of hydrogen-bond donors (Lipinski definition) is 1. The van der Waals surface area contributed by atoms with Crippen LogP contribution >= 0.6 is 0 Å². The smallest absolute Gasteiger partial charge is 0.317 e. The molecular formula is C16H29N5O2. The standard InChI is InChI=1S/C16H29N5O2/c1-13(15-19-17-12-21(15)10-7-11-23-3)18-16(22)20(2)14-8-5-4-6-9-14/h12-14H,4-11H2,1-3H3,(H,18,22)/t13-/m1/s1. The number of nitrogens with zero attached hydrogens (tertiary/aromatic N) is 4. The molecule has 2 amide bonds. The number of ether oxygens (including phenoxy) is 1. The Morgan fingerprint density at radius 2 is 2.22 bits per heavy atom. The van der Waals surface area contributed by atoms with E-state index in [0.29, 0.717) is 12.6 Å². The number of amides is 2. The molecule has 23 heavy (non-hydrogen) atoms. The van der Waals surface area contributed by atoms with Crippen molar-refractivity contribution < 1.29 is 9.53 Å². The van der Waals surface area contributed by atoms with Gasteiger partial charge < -0.3 is 19.5 Å². The van der Waals surface area contributed by atoms with E-state index in [1.807, 2.05) is 23.4 Å². The minimum Gasteiger partial charge on any atom is -0.385 e. The molecule has 7 nitrogen and oxygen atoms in total. The van der Waals surface area contributed by atoms with Gasteiger partial charge in [-0.3, -0.25) is 0 Å². The molecular weight excluding hydrogens is 294 g/mol. The zero-order chi connectivity index (χ0) is 16.7. The largest absolute Gasteiger partial charge is 0.385 e. The van der Waals surface area contributed by atoms with E-state index in [1.165, 1.54) is 19.3 Å². The fourth-order valence-electron chi connectivity index (χ4n) is 3.14. The third-order valence-corrected chi connectivity index (χ3v) is 4.56. The maximum Gasteiger partial charge on any atom is 0.317 e. The van der Waals surface area contributed by atoms with E-state index in [0.717, 1.165) is 31.6 Å². The molecule has 0 spiro atoms. The summed E-state index contributed by atoms with van der Waals surface area (Å²) in [6.45, 7) is 3.43. The van der Waals surface area contributed by atoms with Gasteiger partial charge in [0.15, 0.2) is 5.82 Å². The van der Waals surface area contributed by atoms with Gasteiger partial charge in [-0.1, -0.05) is 19.3 Å². The molecule has 1 N–H and O–H groups in total. The van der Waals surface area contributed by atoms with Gasteiger partial charge in [-0.25, -0.2) is 4.79 Å². The summed E-state index contributed by atoms with van der Waals surface area (Å²) in [6.07, 6.45) is 8.52. The Balaban J connectivity index is 1.89. The lowest BCUT2D eigenvalue weighted by molar-refractivity contribution is 0.170. The summed E-state index contributed by atoms with van der Waals surface area (Å²) in [4.78, 5) is 14.3. The number of urea groups is 1. The normalized spacial score (nSPS) is 17.0. The van der Waals surface area contributed by atoms with Gasteiger partial charge in [0, 0.05) is 33.4 Å². The molecule has 1 fully saturated rings. The molecule has 0 aromatic carbocycles. The van der Waals surface area contributed by atoms with Crippen molar-refractivity contribution in [2.75, 3.05) is 20.8 Å². The van der Waals surface area contributed by atoms with Crippen LogP contribution in [0.25, 0.3) is 0 Å². The molecule has 1 aliphatic rings. The number of rotatable bonds is 7. The predicted molar refractivity (Wildman–Crippen MR) is 88.1 cm³/mol. The number of carbonyl (C=O) groups excluding carboxylic acids is 1. The van der Waals surface area contributed by atoms with Crippen molar-refractivity contribution in [3.63, 3.8) is 0 Å². The molecule has 1 saturated carbocycles. The average molecular weight is 323 g/mol. The van der Waals surface area contributed by atoms with Crippen LogP contribution in [0.15, 0.2) is 6.33 Å². The Bertz CT molecular complexity index is 485. The first-order valence-corrected chi connectivity index (χ1v) is 8.53. The maximum absolute atomic E-state index is 12.5. The summed E-state index contributed by atoms with van der Waals surface area (Å²) in [6, 6.07) is 0.157. The summed E-state index contributed by atoms with van der Waals surface area (Å²) in [7, 11) is 3.58. The summed E-state index contributed by atoms with van der Waals surface area (Å²) in [5.41, 5.74) is 0. The molecule has 2 rings (SSSR count). The summed E-state index contributed by atoms with van der Waals surface area (Å²) >= 11 is 0. The predicted octanol–water partition coefficient (Wildman–Crippen LogP) is 2.35. The highest BCUT2D eigenvalue weighted by Crippen LogP contribution is 2.22. The average Bonchev–Trinajstić information content (AvgIpc) is 3.03. The second-order valence-corrected chi connectivity index (χ2v) is 6.30. The van der Waals surface area contributed by atoms with E-state index in [-0.39, 0.29) is 12.1 Å². The van der Waals surface area contributed by atoms with Crippen LogP contribution in [0.5, 0.6) is 0 Å². The van der Waals surface area contributed by atoms with E-state index in [1.54, 1.807) is 13.4 Å². The summed E-state index contributed by atoms with van der Waals surface area (Å²) in [5.74, 6) is 0.784. The first kappa shape index (κ1) is 17.7. The fourth-order valence-corrected chi connectivity index (χ4v) is 3.14. The Morgan fingerprint density at radius 1 is 1.48 bits per heavy atom. The molecule has 1 aromatic heterocycles. The molecule has 0 bridgehead atoms. The van der Waals surface area contributed by atoms with Crippen molar-refractivity contribution in [2.24, 2.45) is 0 Å². The number of hydrogen-bond acceptors (Lipinski definition) is 4.